The van der Waals surface area contributed by atoms with Crippen LogP contribution in [0.4, 0.5) is 0 Å². The minimum Gasteiger partial charge on any atom is -0.508 e. The van der Waals surface area contributed by atoms with Crippen LogP contribution >= 0.6 is 0 Å². The molecule has 2 aromatic rings. The van der Waals surface area contributed by atoms with Crippen molar-refractivity contribution >= 4 is 35.6 Å². The molecule has 10 N–H and O–H groups in total. The minimum absolute atomic E-state index is 0.0330. The number of amides is 4. The van der Waals surface area contributed by atoms with E-state index in [2.05, 4.69) is 16.0 Å². The molecule has 2 rings (SSSR count). The summed E-state index contributed by atoms with van der Waals surface area (Å²) in [6.07, 6.45) is -1.40. The van der Waals surface area contributed by atoms with E-state index in [0.717, 1.165) is 0 Å². The van der Waals surface area contributed by atoms with Gasteiger partial charge in [0.25, 0.3) is 0 Å². The number of phenolic OH excluding ortho intramolecular Hbond substituents is 1. The first-order valence-corrected chi connectivity index (χ1v) is 13.1. The molecule has 4 atom stereocenters. The zero-order valence-electron chi connectivity index (χ0n) is 22.7. The van der Waals surface area contributed by atoms with Gasteiger partial charge in [-0.25, -0.2) is 4.79 Å². The second-order valence-corrected chi connectivity index (χ2v) is 9.63. The Labute approximate surface area is 241 Å². The Kier molecular flexibility index (Phi) is 12.9. The number of aromatic hydroxyl groups is 1. The smallest absolute Gasteiger partial charge is 0.326 e. The monoisotopic (exact) mass is 585 g/mol. The van der Waals surface area contributed by atoms with E-state index in [1.165, 1.54) is 12.1 Å². The van der Waals surface area contributed by atoms with Gasteiger partial charge in [-0.1, -0.05) is 42.5 Å². The maximum absolute atomic E-state index is 13.3. The fraction of sp³-hybridized carbons (Fsp3) is 0.357. The molecule has 14 nitrogen and oxygen atoms in total. The quantitative estimate of drug-likeness (QED) is 0.114. The molecule has 0 fully saturated rings. The third kappa shape index (κ3) is 11.6. The highest BCUT2D eigenvalue weighted by Crippen LogP contribution is 2.12. The number of carboxylic acid groups (broad SMARTS) is 2. The molecular formula is C28H35N5O9. The molecule has 0 heterocycles. The highest BCUT2D eigenvalue weighted by atomic mass is 16.4. The van der Waals surface area contributed by atoms with Crippen molar-refractivity contribution in [1.82, 2.24) is 16.0 Å². The molecule has 0 aromatic heterocycles. The number of benzene rings is 2. The molecular weight excluding hydrogens is 550 g/mol. The van der Waals surface area contributed by atoms with Crippen molar-refractivity contribution in [2.75, 3.05) is 0 Å². The number of carbonyl (C=O) groups excluding carboxylic acids is 4. The lowest BCUT2D eigenvalue weighted by atomic mass is 10.0. The largest absolute Gasteiger partial charge is 0.508 e. The molecule has 14 heteroatoms. The SMILES string of the molecule is NC(=O)CCC(NC(=O)C(N)Cc1ccc(O)cc1)C(=O)NC(Cc1ccccc1)C(=O)NC(CCC(=O)O)C(=O)O. The van der Waals surface area contributed by atoms with Gasteiger partial charge in [0.05, 0.1) is 6.04 Å². The van der Waals surface area contributed by atoms with Crippen molar-refractivity contribution < 1.29 is 44.1 Å². The predicted octanol–water partition coefficient (Wildman–Crippen LogP) is -0.826. The van der Waals surface area contributed by atoms with E-state index in [9.17, 15) is 39.0 Å². The molecule has 0 spiro atoms. The van der Waals surface area contributed by atoms with Gasteiger partial charge in [-0.3, -0.25) is 24.0 Å². The molecule has 4 amide bonds. The Balaban J connectivity index is 2.22. The summed E-state index contributed by atoms with van der Waals surface area (Å²) in [6.45, 7) is 0. The van der Waals surface area contributed by atoms with Crippen LogP contribution in [-0.4, -0.2) is 75.1 Å². The second kappa shape index (κ2) is 16.3. The summed E-state index contributed by atoms with van der Waals surface area (Å²) >= 11 is 0. The van der Waals surface area contributed by atoms with Crippen LogP contribution in [0.5, 0.6) is 5.75 Å². The Morgan fingerprint density at radius 1 is 0.667 bits per heavy atom. The Morgan fingerprint density at radius 3 is 1.76 bits per heavy atom. The van der Waals surface area contributed by atoms with Gasteiger partial charge >= 0.3 is 11.9 Å². The summed E-state index contributed by atoms with van der Waals surface area (Å²) in [7, 11) is 0. The summed E-state index contributed by atoms with van der Waals surface area (Å²) < 4.78 is 0. The molecule has 2 aromatic carbocycles. The summed E-state index contributed by atoms with van der Waals surface area (Å²) in [5.74, 6) is -5.88. The number of carbonyl (C=O) groups is 6. The number of primary amides is 1. The lowest BCUT2D eigenvalue weighted by Gasteiger charge is -2.25. The first-order valence-electron chi connectivity index (χ1n) is 13.1. The first kappa shape index (κ1) is 33.2. The average Bonchev–Trinajstić information content (AvgIpc) is 2.93. The fourth-order valence-electron chi connectivity index (χ4n) is 3.94. The molecule has 0 aliphatic heterocycles. The number of phenols is 1. The lowest BCUT2D eigenvalue weighted by Crippen LogP contribution is -2.58. The van der Waals surface area contributed by atoms with Crippen LogP contribution in [0.15, 0.2) is 54.6 Å². The van der Waals surface area contributed by atoms with Crippen molar-refractivity contribution in [3.05, 3.63) is 65.7 Å². The summed E-state index contributed by atoms with van der Waals surface area (Å²) in [6, 6.07) is 9.21. The number of hydrogen-bond donors (Lipinski definition) is 8. The van der Waals surface area contributed by atoms with Gasteiger partial charge in [0, 0.05) is 19.3 Å². The number of nitrogens with one attached hydrogen (secondary N) is 3. The molecule has 0 aliphatic rings. The number of nitrogens with two attached hydrogens (primary N) is 2. The Morgan fingerprint density at radius 2 is 1.19 bits per heavy atom. The molecule has 0 aliphatic carbocycles. The summed E-state index contributed by atoms with van der Waals surface area (Å²) in [4.78, 5) is 73.3. The second-order valence-electron chi connectivity index (χ2n) is 9.63. The van der Waals surface area contributed by atoms with Crippen molar-refractivity contribution in [3.63, 3.8) is 0 Å². The first-order chi connectivity index (χ1) is 19.8. The maximum atomic E-state index is 13.3. The van der Waals surface area contributed by atoms with Gasteiger partial charge in [0.15, 0.2) is 0 Å². The van der Waals surface area contributed by atoms with Gasteiger partial charge in [0.1, 0.15) is 23.9 Å². The summed E-state index contributed by atoms with van der Waals surface area (Å²) in [5, 5.41) is 35.0. The number of carboxylic acids is 2. The van der Waals surface area contributed by atoms with E-state index in [0.29, 0.717) is 11.1 Å². The van der Waals surface area contributed by atoms with Gasteiger partial charge in [-0.05, 0) is 42.5 Å². The van der Waals surface area contributed by atoms with Crippen LogP contribution in [0.25, 0.3) is 0 Å². The molecule has 0 saturated heterocycles. The Hall–Kier alpha value is -4.98. The highest BCUT2D eigenvalue weighted by Gasteiger charge is 2.31. The lowest BCUT2D eigenvalue weighted by molar-refractivity contribution is -0.143. The minimum atomic E-state index is -1.54. The third-order valence-corrected chi connectivity index (χ3v) is 6.22. The van der Waals surface area contributed by atoms with Gasteiger partial charge < -0.3 is 42.7 Å². The summed E-state index contributed by atoms with van der Waals surface area (Å²) in [5.41, 5.74) is 12.5. The average molecular weight is 586 g/mol. The van der Waals surface area contributed by atoms with Gasteiger partial charge in [-0.2, -0.15) is 0 Å². The third-order valence-electron chi connectivity index (χ3n) is 6.22. The van der Waals surface area contributed by atoms with Crippen molar-refractivity contribution in [3.8, 4) is 5.75 Å². The zero-order chi connectivity index (χ0) is 31.2. The normalized spacial score (nSPS) is 13.5. The predicted molar refractivity (Wildman–Crippen MR) is 149 cm³/mol. The topological polar surface area (TPSA) is 251 Å². The standard InChI is InChI=1S/C28H35N5O9/c29-19(14-17-6-8-18(34)9-7-17)25(38)31-20(10-12-23(30)35)26(39)33-22(15-16-4-2-1-3-5-16)27(40)32-21(28(41)42)11-13-24(36)37/h1-9,19-22,34H,10-15,29H2,(H2,30,35)(H,31,38)(H,32,40)(H,33,39)(H,36,37)(H,41,42). The van der Waals surface area contributed by atoms with Crippen LogP contribution in [0.1, 0.15) is 36.8 Å². The fourth-order valence-corrected chi connectivity index (χ4v) is 3.94. The van der Waals surface area contributed by atoms with E-state index in [1.807, 2.05) is 0 Å². The number of rotatable bonds is 17. The molecule has 0 radical (unpaired) electrons. The van der Waals surface area contributed by atoms with Crippen molar-refractivity contribution in [2.24, 2.45) is 11.5 Å². The van der Waals surface area contributed by atoms with Gasteiger partial charge in [-0.15, -0.1) is 0 Å². The zero-order valence-corrected chi connectivity index (χ0v) is 22.7. The van der Waals surface area contributed by atoms with Gasteiger partial charge in [0.2, 0.25) is 23.6 Å². The van der Waals surface area contributed by atoms with Crippen LogP contribution in [-0.2, 0) is 41.6 Å². The van der Waals surface area contributed by atoms with Crippen LogP contribution < -0.4 is 27.4 Å². The highest BCUT2D eigenvalue weighted by molar-refractivity contribution is 5.94. The Bertz CT molecular complexity index is 1250. The van der Waals surface area contributed by atoms with E-state index < -0.39 is 72.6 Å². The molecule has 226 valence electrons. The maximum Gasteiger partial charge on any atom is 0.326 e. The molecule has 4 unspecified atom stereocenters. The van der Waals surface area contributed by atoms with Crippen molar-refractivity contribution in [2.45, 2.75) is 62.7 Å². The van der Waals surface area contributed by atoms with Crippen LogP contribution in [0.3, 0.4) is 0 Å². The number of hydrogen-bond acceptors (Lipinski definition) is 8. The van der Waals surface area contributed by atoms with E-state index in [4.69, 9.17) is 16.6 Å². The molecule has 42 heavy (non-hydrogen) atoms. The van der Waals surface area contributed by atoms with Crippen molar-refractivity contribution in [1.29, 1.82) is 0 Å². The molecule has 0 bridgehead atoms. The number of aliphatic carboxylic acids is 2. The van der Waals surface area contributed by atoms with E-state index >= 15 is 0 Å². The van der Waals surface area contributed by atoms with Crippen LogP contribution in [0.2, 0.25) is 0 Å². The van der Waals surface area contributed by atoms with E-state index in [-0.39, 0.29) is 31.4 Å². The van der Waals surface area contributed by atoms with Crippen LogP contribution in [0, 0.1) is 0 Å². The van der Waals surface area contributed by atoms with E-state index in [1.54, 1.807) is 42.5 Å². The molecule has 0 saturated carbocycles.